The average molecular weight is 408 g/mol. The molecule has 2 aliphatic rings. The normalized spacial score (nSPS) is 17.6. The molecule has 1 saturated heterocycles. The molecule has 3 heterocycles. The maximum atomic E-state index is 12.3. The van der Waals surface area contributed by atoms with E-state index in [1.807, 2.05) is 6.07 Å². The summed E-state index contributed by atoms with van der Waals surface area (Å²) in [6.45, 7) is 0.853. The summed E-state index contributed by atoms with van der Waals surface area (Å²) in [6, 6.07) is 7.13. The predicted octanol–water partition coefficient (Wildman–Crippen LogP) is 1.79. The van der Waals surface area contributed by atoms with Crippen molar-refractivity contribution in [1.29, 1.82) is 0 Å². The molecular weight excluding hydrogens is 388 g/mol. The summed E-state index contributed by atoms with van der Waals surface area (Å²) in [6.07, 6.45) is 2.08. The van der Waals surface area contributed by atoms with Crippen LogP contribution in [0.15, 0.2) is 28.8 Å². The number of piperidine rings is 1. The van der Waals surface area contributed by atoms with Gasteiger partial charge in [-0.3, -0.25) is 4.79 Å². The quantitative estimate of drug-likeness (QED) is 0.689. The average Bonchev–Trinajstić information content (AvgIpc) is 3.34. The van der Waals surface area contributed by atoms with Gasteiger partial charge in [-0.25, -0.2) is 12.7 Å². The van der Waals surface area contributed by atoms with Crippen molar-refractivity contribution in [1.82, 2.24) is 9.46 Å². The topological polar surface area (TPSA) is 108 Å². The van der Waals surface area contributed by atoms with Crippen molar-refractivity contribution in [2.45, 2.75) is 19.4 Å². The molecule has 0 unspecified atom stereocenters. The number of benzene rings is 1. The van der Waals surface area contributed by atoms with Crippen LogP contribution in [0.2, 0.25) is 0 Å². The van der Waals surface area contributed by atoms with E-state index >= 15 is 0 Å². The summed E-state index contributed by atoms with van der Waals surface area (Å²) in [4.78, 5) is 12.3. The Bertz CT molecular complexity index is 978. The maximum absolute atomic E-state index is 12.3. The van der Waals surface area contributed by atoms with Gasteiger partial charge in [0.05, 0.1) is 12.2 Å². The van der Waals surface area contributed by atoms with Gasteiger partial charge >= 0.3 is 5.97 Å². The molecule has 0 N–H and O–H groups in total. The zero-order chi connectivity index (χ0) is 19.7. The van der Waals surface area contributed by atoms with Crippen molar-refractivity contribution in [2.24, 2.45) is 5.92 Å². The van der Waals surface area contributed by atoms with Gasteiger partial charge in [0.1, 0.15) is 12.3 Å². The summed E-state index contributed by atoms with van der Waals surface area (Å²) in [5.41, 5.74) is 1.28. The van der Waals surface area contributed by atoms with Gasteiger partial charge in [0.15, 0.2) is 17.3 Å². The first-order chi connectivity index (χ1) is 13.4. The third-order valence-corrected chi connectivity index (χ3v) is 6.14. The van der Waals surface area contributed by atoms with Crippen LogP contribution in [-0.4, -0.2) is 50.0 Å². The molecular formula is C18H20N2O7S. The lowest BCUT2D eigenvalue weighted by Gasteiger charge is -2.28. The second kappa shape index (κ2) is 7.44. The van der Waals surface area contributed by atoms with Crippen LogP contribution in [0, 0.1) is 5.92 Å². The van der Waals surface area contributed by atoms with Crippen LogP contribution in [0.25, 0.3) is 11.3 Å². The Labute approximate surface area is 162 Å². The van der Waals surface area contributed by atoms with Gasteiger partial charge < -0.3 is 18.7 Å². The molecule has 0 atom stereocenters. The number of esters is 1. The number of carbonyl (C=O) groups excluding carboxylic acids is 1. The van der Waals surface area contributed by atoms with Gasteiger partial charge in [0.25, 0.3) is 0 Å². The van der Waals surface area contributed by atoms with Crippen LogP contribution in [-0.2, 0) is 26.2 Å². The maximum Gasteiger partial charge on any atom is 0.309 e. The van der Waals surface area contributed by atoms with E-state index in [0.29, 0.717) is 48.9 Å². The van der Waals surface area contributed by atoms with E-state index in [9.17, 15) is 13.2 Å². The molecule has 0 amide bonds. The molecule has 4 rings (SSSR count). The van der Waals surface area contributed by atoms with Crippen molar-refractivity contribution >= 4 is 16.0 Å². The minimum absolute atomic E-state index is 0.000818. The van der Waals surface area contributed by atoms with Crippen LogP contribution in [0.3, 0.4) is 0 Å². The van der Waals surface area contributed by atoms with Gasteiger partial charge in [-0.2, -0.15) is 0 Å². The van der Waals surface area contributed by atoms with E-state index in [-0.39, 0.29) is 25.3 Å². The summed E-state index contributed by atoms with van der Waals surface area (Å²) >= 11 is 0. The number of carbonyl (C=O) groups is 1. The number of fused-ring (bicyclic) bond motifs is 1. The van der Waals surface area contributed by atoms with E-state index in [2.05, 4.69) is 5.16 Å². The highest BCUT2D eigenvalue weighted by molar-refractivity contribution is 7.88. The van der Waals surface area contributed by atoms with Crippen LogP contribution in [0.5, 0.6) is 11.5 Å². The van der Waals surface area contributed by atoms with E-state index in [4.69, 9.17) is 18.7 Å². The molecule has 0 radical (unpaired) electrons. The Morgan fingerprint density at radius 1 is 1.21 bits per heavy atom. The predicted molar refractivity (Wildman–Crippen MR) is 97.0 cm³/mol. The molecule has 1 fully saturated rings. The van der Waals surface area contributed by atoms with E-state index in [0.717, 1.165) is 5.56 Å². The van der Waals surface area contributed by atoms with E-state index in [1.54, 1.807) is 18.2 Å². The van der Waals surface area contributed by atoms with Crippen molar-refractivity contribution < 1.29 is 31.9 Å². The Balaban J connectivity index is 1.32. The second-order valence-corrected chi connectivity index (χ2v) is 8.78. The molecule has 1 aromatic carbocycles. The monoisotopic (exact) mass is 408 g/mol. The highest BCUT2D eigenvalue weighted by Crippen LogP contribution is 2.36. The molecule has 28 heavy (non-hydrogen) atoms. The number of hydrogen-bond donors (Lipinski definition) is 0. The van der Waals surface area contributed by atoms with Gasteiger partial charge in [0, 0.05) is 24.7 Å². The molecule has 0 spiro atoms. The minimum atomic E-state index is -3.22. The van der Waals surface area contributed by atoms with Crippen molar-refractivity contribution in [2.75, 3.05) is 26.1 Å². The standard InChI is InChI=1S/C18H20N2O7S/c1-28(22,23)20-6-4-12(5-7-20)18(21)24-10-14-9-16(27-19-14)13-2-3-15-17(8-13)26-11-25-15/h2-3,8-9,12H,4-7,10-11H2,1H3. The summed E-state index contributed by atoms with van der Waals surface area (Å²) in [5, 5.41) is 3.94. The Morgan fingerprint density at radius 3 is 2.71 bits per heavy atom. The number of aromatic nitrogens is 1. The third kappa shape index (κ3) is 3.97. The van der Waals surface area contributed by atoms with Gasteiger partial charge in [-0.15, -0.1) is 0 Å². The first-order valence-electron chi connectivity index (χ1n) is 8.87. The number of sulfonamides is 1. The molecule has 1 aromatic heterocycles. The molecule has 0 aliphatic carbocycles. The fourth-order valence-corrected chi connectivity index (χ4v) is 4.13. The molecule has 10 heteroatoms. The fraction of sp³-hybridized carbons (Fsp3) is 0.444. The van der Waals surface area contributed by atoms with Crippen molar-refractivity contribution in [3.63, 3.8) is 0 Å². The number of ether oxygens (including phenoxy) is 3. The zero-order valence-electron chi connectivity index (χ0n) is 15.3. The molecule has 2 aliphatic heterocycles. The van der Waals surface area contributed by atoms with Gasteiger partial charge in [-0.1, -0.05) is 5.16 Å². The van der Waals surface area contributed by atoms with Crippen LogP contribution in [0.4, 0.5) is 0 Å². The highest BCUT2D eigenvalue weighted by Gasteiger charge is 2.30. The highest BCUT2D eigenvalue weighted by atomic mass is 32.2. The summed E-state index contributed by atoms with van der Waals surface area (Å²) < 4.78 is 45.7. The number of hydrogen-bond acceptors (Lipinski definition) is 8. The van der Waals surface area contributed by atoms with Gasteiger partial charge in [0.2, 0.25) is 16.8 Å². The Hall–Kier alpha value is -2.59. The zero-order valence-corrected chi connectivity index (χ0v) is 16.1. The molecule has 150 valence electrons. The van der Waals surface area contributed by atoms with Crippen molar-refractivity contribution in [3.05, 3.63) is 30.0 Å². The number of rotatable bonds is 5. The molecule has 0 saturated carbocycles. The second-order valence-electron chi connectivity index (χ2n) is 6.79. The molecule has 0 bridgehead atoms. The largest absolute Gasteiger partial charge is 0.459 e. The first kappa shape index (κ1) is 18.8. The molecule has 2 aromatic rings. The minimum Gasteiger partial charge on any atom is -0.459 e. The van der Waals surface area contributed by atoms with Crippen LogP contribution >= 0.6 is 0 Å². The smallest absolute Gasteiger partial charge is 0.309 e. The van der Waals surface area contributed by atoms with E-state index in [1.165, 1.54) is 10.6 Å². The summed E-state index contributed by atoms with van der Waals surface area (Å²) in [7, 11) is -3.22. The van der Waals surface area contributed by atoms with Crippen LogP contribution < -0.4 is 9.47 Å². The lowest BCUT2D eigenvalue weighted by atomic mass is 9.98. The lowest BCUT2D eigenvalue weighted by Crippen LogP contribution is -2.40. The van der Waals surface area contributed by atoms with Crippen LogP contribution in [0.1, 0.15) is 18.5 Å². The third-order valence-electron chi connectivity index (χ3n) is 4.83. The summed E-state index contributed by atoms with van der Waals surface area (Å²) in [5.74, 6) is 1.20. The fourth-order valence-electron chi connectivity index (χ4n) is 3.25. The SMILES string of the molecule is CS(=O)(=O)N1CCC(C(=O)OCc2cc(-c3ccc4c(c3)OCO4)on2)CC1. The van der Waals surface area contributed by atoms with Gasteiger partial charge in [-0.05, 0) is 31.0 Å². The lowest BCUT2D eigenvalue weighted by molar-refractivity contribution is -0.151. The Morgan fingerprint density at radius 2 is 1.96 bits per heavy atom. The Kier molecular flexibility index (Phi) is 4.98. The first-order valence-corrected chi connectivity index (χ1v) is 10.7. The van der Waals surface area contributed by atoms with E-state index < -0.39 is 10.0 Å². The number of nitrogens with zero attached hydrogens (tertiary/aromatic N) is 2. The van der Waals surface area contributed by atoms with Crippen molar-refractivity contribution in [3.8, 4) is 22.8 Å². The molecule has 9 nitrogen and oxygen atoms in total.